The SMILES string of the molecule is CC1(c2ccc(Br)cc2)CC(c2ccc(Cl)cc2)(c2ccc(Cl)cc2)c2ccccc21. The quantitative estimate of drug-likeness (QED) is 0.260. The lowest BCUT2D eigenvalue weighted by Gasteiger charge is -2.35. The molecule has 0 aliphatic heterocycles. The minimum Gasteiger partial charge on any atom is -0.0843 e. The van der Waals surface area contributed by atoms with E-state index in [0.717, 1.165) is 20.9 Å². The van der Waals surface area contributed by atoms with E-state index in [1.807, 2.05) is 24.3 Å². The Morgan fingerprint density at radius 3 is 1.58 bits per heavy atom. The number of hydrogen-bond donors (Lipinski definition) is 0. The summed E-state index contributed by atoms with van der Waals surface area (Å²) in [4.78, 5) is 0. The third-order valence-corrected chi connectivity index (χ3v) is 7.79. The zero-order valence-corrected chi connectivity index (χ0v) is 20.2. The van der Waals surface area contributed by atoms with Gasteiger partial charge < -0.3 is 0 Å². The number of benzene rings is 4. The van der Waals surface area contributed by atoms with Crippen LogP contribution in [0.4, 0.5) is 0 Å². The molecule has 31 heavy (non-hydrogen) atoms. The highest BCUT2D eigenvalue weighted by Crippen LogP contribution is 2.58. The van der Waals surface area contributed by atoms with Crippen LogP contribution in [0.2, 0.25) is 10.0 Å². The summed E-state index contributed by atoms with van der Waals surface area (Å²) < 4.78 is 1.09. The maximum atomic E-state index is 6.28. The van der Waals surface area contributed by atoms with Crippen LogP contribution in [-0.2, 0) is 10.8 Å². The van der Waals surface area contributed by atoms with Crippen LogP contribution in [0.15, 0.2) is 102 Å². The predicted octanol–water partition coefficient (Wildman–Crippen LogP) is 8.80. The van der Waals surface area contributed by atoms with Crippen LogP contribution in [0.5, 0.6) is 0 Å². The second-order valence-electron chi connectivity index (χ2n) is 8.48. The molecule has 0 radical (unpaired) electrons. The summed E-state index contributed by atoms with van der Waals surface area (Å²) in [6.45, 7) is 2.36. The van der Waals surface area contributed by atoms with Crippen molar-refractivity contribution in [1.29, 1.82) is 0 Å². The van der Waals surface area contributed by atoms with E-state index >= 15 is 0 Å². The van der Waals surface area contributed by atoms with E-state index in [2.05, 4.69) is 95.7 Å². The first kappa shape index (κ1) is 20.8. The molecule has 0 amide bonds. The molecule has 1 aliphatic rings. The van der Waals surface area contributed by atoms with Gasteiger partial charge in [-0.15, -0.1) is 0 Å². The van der Waals surface area contributed by atoms with Gasteiger partial charge in [0.2, 0.25) is 0 Å². The average molecular weight is 508 g/mol. The molecule has 0 saturated carbocycles. The van der Waals surface area contributed by atoms with Crippen LogP contribution in [-0.4, -0.2) is 0 Å². The molecule has 0 bridgehead atoms. The lowest BCUT2D eigenvalue weighted by atomic mass is 9.67. The monoisotopic (exact) mass is 506 g/mol. The van der Waals surface area contributed by atoms with Gasteiger partial charge in [0.05, 0.1) is 0 Å². The lowest BCUT2D eigenvalue weighted by Crippen LogP contribution is -2.30. The topological polar surface area (TPSA) is 0 Å². The fourth-order valence-electron chi connectivity index (χ4n) is 5.28. The van der Waals surface area contributed by atoms with Gasteiger partial charge in [0, 0.05) is 25.3 Å². The van der Waals surface area contributed by atoms with Crippen molar-refractivity contribution in [3.8, 4) is 0 Å². The smallest absolute Gasteiger partial charge is 0.0466 e. The molecule has 0 nitrogen and oxygen atoms in total. The number of halogens is 3. The van der Waals surface area contributed by atoms with Crippen molar-refractivity contribution in [3.63, 3.8) is 0 Å². The fourth-order valence-corrected chi connectivity index (χ4v) is 5.80. The molecular weight excluding hydrogens is 487 g/mol. The molecule has 0 spiro atoms. The van der Waals surface area contributed by atoms with Crippen molar-refractivity contribution in [2.24, 2.45) is 0 Å². The minimum atomic E-state index is -0.298. The molecule has 3 heteroatoms. The Morgan fingerprint density at radius 2 is 1.06 bits per heavy atom. The maximum Gasteiger partial charge on any atom is 0.0466 e. The fraction of sp³-hybridized carbons (Fsp3) is 0.143. The Hall–Kier alpha value is -2.06. The van der Waals surface area contributed by atoms with Crippen molar-refractivity contribution in [2.75, 3.05) is 0 Å². The molecule has 0 aromatic heterocycles. The molecule has 5 rings (SSSR count). The lowest BCUT2D eigenvalue weighted by molar-refractivity contribution is 0.473. The number of hydrogen-bond acceptors (Lipinski definition) is 0. The summed E-state index contributed by atoms with van der Waals surface area (Å²) >= 11 is 16.1. The second kappa shape index (κ2) is 7.81. The first-order valence-electron chi connectivity index (χ1n) is 10.3. The van der Waals surface area contributed by atoms with E-state index in [0.29, 0.717) is 0 Å². The van der Waals surface area contributed by atoms with Crippen LogP contribution in [0, 0.1) is 0 Å². The number of rotatable bonds is 3. The molecule has 0 N–H and O–H groups in total. The first-order valence-corrected chi connectivity index (χ1v) is 11.9. The van der Waals surface area contributed by atoms with E-state index in [1.54, 1.807) is 0 Å². The normalized spacial score (nSPS) is 19.2. The molecule has 4 aromatic rings. The Bertz CT molecular complexity index is 1180. The van der Waals surface area contributed by atoms with Crippen molar-refractivity contribution in [3.05, 3.63) is 139 Å². The average Bonchev–Trinajstić information content (AvgIpc) is 3.06. The van der Waals surface area contributed by atoms with Gasteiger partial charge in [-0.1, -0.05) is 107 Å². The van der Waals surface area contributed by atoms with Gasteiger partial charge in [-0.05, 0) is 70.6 Å². The molecule has 0 saturated heterocycles. The third kappa shape index (κ3) is 3.35. The summed E-state index contributed by atoms with van der Waals surface area (Å²) in [7, 11) is 0. The van der Waals surface area contributed by atoms with Gasteiger partial charge in [0.25, 0.3) is 0 Å². The van der Waals surface area contributed by atoms with Gasteiger partial charge in [0.1, 0.15) is 0 Å². The van der Waals surface area contributed by atoms with E-state index in [4.69, 9.17) is 23.2 Å². The molecule has 0 fully saturated rings. The molecule has 1 unspecified atom stereocenters. The molecule has 1 atom stereocenters. The van der Waals surface area contributed by atoms with E-state index < -0.39 is 0 Å². The Labute approximate surface area is 202 Å². The highest BCUT2D eigenvalue weighted by atomic mass is 79.9. The highest BCUT2D eigenvalue weighted by molar-refractivity contribution is 9.10. The summed E-state index contributed by atoms with van der Waals surface area (Å²) in [6, 6.07) is 34.2. The Morgan fingerprint density at radius 1 is 0.613 bits per heavy atom. The van der Waals surface area contributed by atoms with Crippen LogP contribution >= 0.6 is 39.1 Å². The van der Waals surface area contributed by atoms with E-state index in [9.17, 15) is 0 Å². The van der Waals surface area contributed by atoms with Gasteiger partial charge in [-0.2, -0.15) is 0 Å². The molecule has 1 aliphatic carbocycles. The summed E-state index contributed by atoms with van der Waals surface area (Å²) in [5, 5.41) is 1.49. The zero-order chi connectivity index (χ0) is 21.6. The van der Waals surface area contributed by atoms with Crippen molar-refractivity contribution < 1.29 is 0 Å². The second-order valence-corrected chi connectivity index (χ2v) is 10.3. The zero-order valence-electron chi connectivity index (χ0n) is 17.1. The van der Waals surface area contributed by atoms with Gasteiger partial charge in [0.15, 0.2) is 0 Å². The van der Waals surface area contributed by atoms with Crippen molar-refractivity contribution in [2.45, 2.75) is 24.2 Å². The minimum absolute atomic E-state index is 0.142. The molecule has 4 aromatic carbocycles. The first-order chi connectivity index (χ1) is 14.9. The summed E-state index contributed by atoms with van der Waals surface area (Å²) in [6.07, 6.45) is 0.921. The van der Waals surface area contributed by atoms with Gasteiger partial charge in [-0.3, -0.25) is 0 Å². The molecule has 154 valence electrons. The summed E-state index contributed by atoms with van der Waals surface area (Å²) in [5.74, 6) is 0. The van der Waals surface area contributed by atoms with E-state index in [-0.39, 0.29) is 10.8 Å². The molecular formula is C28H21BrCl2. The Kier molecular flexibility index (Phi) is 5.25. The maximum absolute atomic E-state index is 6.28. The van der Waals surface area contributed by atoms with Crippen LogP contribution in [0.1, 0.15) is 41.2 Å². The van der Waals surface area contributed by atoms with Gasteiger partial charge >= 0.3 is 0 Å². The van der Waals surface area contributed by atoms with Crippen LogP contribution in [0.25, 0.3) is 0 Å². The number of fused-ring (bicyclic) bond motifs is 1. The third-order valence-electron chi connectivity index (χ3n) is 6.76. The Balaban J connectivity index is 1.82. The molecule has 0 heterocycles. The standard InChI is InChI=1S/C28H21BrCl2/c1-27(19-6-12-22(29)13-7-19)18-28(20-8-14-23(30)15-9-20,21-10-16-24(31)17-11-21)26-5-3-2-4-25(26)27/h2-17H,18H2,1H3. The van der Waals surface area contributed by atoms with Gasteiger partial charge in [-0.25, -0.2) is 0 Å². The summed E-state index contributed by atoms with van der Waals surface area (Å²) in [5.41, 5.74) is 6.06. The largest absolute Gasteiger partial charge is 0.0843 e. The van der Waals surface area contributed by atoms with Crippen LogP contribution < -0.4 is 0 Å². The van der Waals surface area contributed by atoms with Crippen LogP contribution in [0.3, 0.4) is 0 Å². The predicted molar refractivity (Wildman–Crippen MR) is 134 cm³/mol. The highest BCUT2D eigenvalue weighted by Gasteiger charge is 2.52. The van der Waals surface area contributed by atoms with Crippen molar-refractivity contribution >= 4 is 39.1 Å². The van der Waals surface area contributed by atoms with Crippen molar-refractivity contribution in [1.82, 2.24) is 0 Å². The van der Waals surface area contributed by atoms with E-state index in [1.165, 1.54) is 27.8 Å².